The molecule has 5 amide bonds. The maximum absolute atomic E-state index is 13.3. The van der Waals surface area contributed by atoms with Crippen molar-refractivity contribution >= 4 is 43.3 Å². The molecule has 1 rings (SSSR count). The topological polar surface area (TPSA) is 298 Å². The minimum absolute atomic E-state index is 0.0134. The molecule has 0 aliphatic heterocycles. The number of aromatic amines is 1. The molecule has 6 atom stereocenters. The number of hydrogen-bond acceptors (Lipinski definition) is 10. The van der Waals surface area contributed by atoms with Crippen LogP contribution < -0.4 is 26.6 Å². The minimum atomic E-state index is -5.19. The molecule has 0 bridgehead atoms. The van der Waals surface area contributed by atoms with Gasteiger partial charge in [0, 0.05) is 25.2 Å². The fraction of sp³-hybridized carbons (Fsp3) is 0.625. The van der Waals surface area contributed by atoms with E-state index in [0.29, 0.717) is 5.69 Å². The van der Waals surface area contributed by atoms with Crippen molar-refractivity contribution in [2.24, 2.45) is 5.92 Å². The van der Waals surface area contributed by atoms with Crippen LogP contribution in [0.5, 0.6) is 0 Å². The molecule has 1 heterocycles. The SMILES string of the molecule is CC(=O)N[C@@H](CC(C)C)C(=O)N[C@@H](Cc1cnc[nH]1)C(=O)N[C@@H](CO)C(=O)N[C@H](C(=O)N[C@@H](C)C(=O)O)[C@@H](C)OP(=O)(O)O. The number of hydrogen-bond donors (Lipinski definition) is 10. The van der Waals surface area contributed by atoms with Crippen LogP contribution in [0.3, 0.4) is 0 Å². The first kappa shape index (κ1) is 38.1. The van der Waals surface area contributed by atoms with Crippen molar-refractivity contribution in [2.45, 2.75) is 83.8 Å². The van der Waals surface area contributed by atoms with Gasteiger partial charge in [-0.2, -0.15) is 0 Å². The van der Waals surface area contributed by atoms with Crippen molar-refractivity contribution in [1.82, 2.24) is 36.6 Å². The third-order valence-corrected chi connectivity index (χ3v) is 6.52. The van der Waals surface area contributed by atoms with E-state index < -0.39 is 86.2 Å². The summed E-state index contributed by atoms with van der Waals surface area (Å²) < 4.78 is 15.8. The summed E-state index contributed by atoms with van der Waals surface area (Å²) in [5.74, 6) is -6.03. The van der Waals surface area contributed by atoms with Crippen molar-refractivity contribution in [2.75, 3.05) is 6.61 Å². The maximum atomic E-state index is 13.3. The van der Waals surface area contributed by atoms with Crippen LogP contribution in [0.2, 0.25) is 0 Å². The first-order chi connectivity index (χ1) is 20.3. The van der Waals surface area contributed by atoms with Crippen molar-refractivity contribution in [3.05, 3.63) is 18.2 Å². The standard InChI is InChI=1S/C24H40N7O12P/c1-11(2)6-16(28-14(5)33)20(34)29-17(7-15-8-25-10-26-15)21(35)30-18(9-32)22(36)31-19(13(4)43-44(40,41)42)23(37)27-12(3)24(38)39/h8,10-13,16-19,32H,6-7,9H2,1-5H3,(H,25,26)(H,27,37)(H,28,33)(H,29,34)(H,30,35)(H,31,36)(H,38,39)(H2,40,41,42)/t12-,13+,16-,17-,18-,19-/m0/s1. The predicted molar refractivity (Wildman–Crippen MR) is 150 cm³/mol. The van der Waals surface area contributed by atoms with Crippen molar-refractivity contribution in [3.8, 4) is 0 Å². The summed E-state index contributed by atoms with van der Waals surface area (Å²) in [5.41, 5.74) is 0.406. The van der Waals surface area contributed by atoms with Gasteiger partial charge in [0.1, 0.15) is 30.2 Å². The van der Waals surface area contributed by atoms with Crippen LogP contribution in [-0.2, 0) is 44.3 Å². The van der Waals surface area contributed by atoms with E-state index in [0.717, 1.165) is 13.8 Å². The number of H-pyrrole nitrogens is 1. The maximum Gasteiger partial charge on any atom is 0.469 e. The molecule has 0 unspecified atom stereocenters. The van der Waals surface area contributed by atoms with Gasteiger partial charge in [-0.15, -0.1) is 0 Å². The summed E-state index contributed by atoms with van der Waals surface area (Å²) in [5, 5.41) is 30.3. The Bertz CT molecular complexity index is 1210. The van der Waals surface area contributed by atoms with Gasteiger partial charge in [0.05, 0.1) is 19.0 Å². The Morgan fingerprint density at radius 1 is 0.886 bits per heavy atom. The first-order valence-electron chi connectivity index (χ1n) is 13.4. The number of nitrogens with zero attached hydrogens (tertiary/aromatic N) is 1. The summed E-state index contributed by atoms with van der Waals surface area (Å²) in [6, 6.07) is -7.48. The van der Waals surface area contributed by atoms with Gasteiger partial charge >= 0.3 is 13.8 Å². The van der Waals surface area contributed by atoms with Gasteiger partial charge in [0.2, 0.25) is 29.5 Å². The molecule has 0 aromatic carbocycles. The largest absolute Gasteiger partial charge is 0.480 e. The molecule has 0 saturated carbocycles. The normalized spacial score (nSPS) is 15.6. The Labute approximate surface area is 252 Å². The van der Waals surface area contributed by atoms with Crippen LogP contribution >= 0.6 is 7.82 Å². The molecule has 44 heavy (non-hydrogen) atoms. The molecule has 0 aliphatic rings. The van der Waals surface area contributed by atoms with Crippen LogP contribution in [0.25, 0.3) is 0 Å². The highest BCUT2D eigenvalue weighted by Gasteiger charge is 2.36. The summed E-state index contributed by atoms with van der Waals surface area (Å²) in [7, 11) is -5.19. The monoisotopic (exact) mass is 649 g/mol. The fourth-order valence-corrected chi connectivity index (χ4v) is 4.36. The fourth-order valence-electron chi connectivity index (χ4n) is 3.80. The number of nitrogens with one attached hydrogen (secondary N) is 6. The van der Waals surface area contributed by atoms with Gasteiger partial charge in [-0.1, -0.05) is 13.8 Å². The second kappa shape index (κ2) is 17.4. The zero-order chi connectivity index (χ0) is 33.8. The Hall–Kier alpha value is -3.90. The number of aliphatic hydroxyl groups excluding tert-OH is 1. The Kier molecular flexibility index (Phi) is 15.1. The minimum Gasteiger partial charge on any atom is -0.480 e. The van der Waals surface area contributed by atoms with Gasteiger partial charge in [0.25, 0.3) is 0 Å². The third kappa shape index (κ3) is 13.6. The second-order valence-corrected chi connectivity index (χ2v) is 11.5. The number of carbonyl (C=O) groups is 6. The molecule has 0 radical (unpaired) electrons. The van der Waals surface area contributed by atoms with Crippen LogP contribution in [0.15, 0.2) is 12.5 Å². The van der Waals surface area contributed by atoms with Crippen molar-refractivity contribution in [3.63, 3.8) is 0 Å². The number of phosphoric acid groups is 1. The number of carboxylic acid groups (broad SMARTS) is 1. The molecule has 19 nitrogen and oxygen atoms in total. The number of aromatic nitrogens is 2. The van der Waals surface area contributed by atoms with Gasteiger partial charge < -0.3 is 51.6 Å². The van der Waals surface area contributed by atoms with Crippen LogP contribution in [0, 0.1) is 5.92 Å². The summed E-state index contributed by atoms with van der Waals surface area (Å²) >= 11 is 0. The summed E-state index contributed by atoms with van der Waals surface area (Å²) in [6.45, 7) is 5.95. The van der Waals surface area contributed by atoms with E-state index in [1.165, 1.54) is 19.4 Å². The molecule has 248 valence electrons. The lowest BCUT2D eigenvalue weighted by atomic mass is 10.0. The molecule has 0 saturated heterocycles. The Balaban J connectivity index is 3.21. The molecular formula is C24H40N7O12P. The number of phosphoric ester groups is 1. The van der Waals surface area contributed by atoms with Crippen LogP contribution in [0.1, 0.15) is 46.7 Å². The van der Waals surface area contributed by atoms with E-state index in [4.69, 9.17) is 14.9 Å². The highest BCUT2D eigenvalue weighted by molar-refractivity contribution is 7.46. The molecule has 20 heteroatoms. The molecular weight excluding hydrogens is 609 g/mol. The molecule has 10 N–H and O–H groups in total. The third-order valence-electron chi connectivity index (χ3n) is 5.91. The van der Waals surface area contributed by atoms with Gasteiger partial charge in [-0.3, -0.25) is 33.3 Å². The zero-order valence-electron chi connectivity index (χ0n) is 24.8. The summed E-state index contributed by atoms with van der Waals surface area (Å²) in [4.78, 5) is 99.9. The van der Waals surface area contributed by atoms with E-state index >= 15 is 0 Å². The van der Waals surface area contributed by atoms with E-state index in [9.17, 15) is 38.4 Å². The number of aliphatic carboxylic acids is 1. The highest BCUT2D eigenvalue weighted by atomic mass is 31.2. The molecule has 1 aromatic heterocycles. The van der Waals surface area contributed by atoms with Gasteiger partial charge in [-0.25, -0.2) is 9.55 Å². The lowest BCUT2D eigenvalue weighted by Crippen LogP contribution is -2.61. The quantitative estimate of drug-likeness (QED) is 0.0712. The first-order valence-corrected chi connectivity index (χ1v) is 14.9. The molecule has 1 aromatic rings. The summed E-state index contributed by atoms with van der Waals surface area (Å²) in [6.07, 6.45) is 1.08. The average Bonchev–Trinajstić information content (AvgIpc) is 3.40. The Morgan fingerprint density at radius 2 is 1.45 bits per heavy atom. The number of carboxylic acids is 1. The molecule has 0 aliphatic carbocycles. The Morgan fingerprint density at radius 3 is 1.93 bits per heavy atom. The number of rotatable bonds is 18. The van der Waals surface area contributed by atoms with Crippen LogP contribution in [-0.4, -0.2) is 108 Å². The van der Waals surface area contributed by atoms with E-state index in [1.807, 2.05) is 19.2 Å². The van der Waals surface area contributed by atoms with Crippen molar-refractivity contribution in [1.29, 1.82) is 0 Å². The number of aliphatic hydroxyl groups is 1. The van der Waals surface area contributed by atoms with Gasteiger partial charge in [-0.05, 0) is 26.2 Å². The zero-order valence-corrected chi connectivity index (χ0v) is 25.7. The van der Waals surface area contributed by atoms with Crippen LogP contribution in [0.4, 0.5) is 0 Å². The molecule has 0 spiro atoms. The van der Waals surface area contributed by atoms with Crippen molar-refractivity contribution < 1.29 is 57.9 Å². The highest BCUT2D eigenvalue weighted by Crippen LogP contribution is 2.38. The van der Waals surface area contributed by atoms with E-state index in [1.54, 1.807) is 0 Å². The predicted octanol–water partition coefficient (Wildman–Crippen LogP) is -2.96. The number of carbonyl (C=O) groups excluding carboxylic acids is 5. The number of imidazole rings is 1. The molecule has 0 fully saturated rings. The lowest BCUT2D eigenvalue weighted by Gasteiger charge is -2.28. The van der Waals surface area contributed by atoms with E-state index in [-0.39, 0.29) is 18.8 Å². The average molecular weight is 650 g/mol. The second-order valence-electron chi connectivity index (χ2n) is 10.3. The van der Waals surface area contributed by atoms with Gasteiger partial charge in [0.15, 0.2) is 0 Å². The van der Waals surface area contributed by atoms with E-state index in [2.05, 4.69) is 35.8 Å². The smallest absolute Gasteiger partial charge is 0.469 e. The lowest BCUT2D eigenvalue weighted by molar-refractivity contribution is -0.142. The number of amides is 5.